The number of aliphatic carboxylic acids is 1. The topological polar surface area (TPSA) is 37.3 Å². The van der Waals surface area contributed by atoms with Crippen molar-refractivity contribution in [2.24, 2.45) is 0 Å². The summed E-state index contributed by atoms with van der Waals surface area (Å²) in [6.45, 7) is 17.4. The van der Waals surface area contributed by atoms with Crippen molar-refractivity contribution in [3.05, 3.63) is 0 Å². The molecule has 0 amide bonds. The van der Waals surface area contributed by atoms with E-state index in [1.54, 1.807) is 0 Å². The van der Waals surface area contributed by atoms with E-state index in [0.29, 0.717) is 4.48 Å². The minimum absolute atomic E-state index is 0.141. The molecular formula is C19H40NO2+. The zero-order valence-corrected chi connectivity index (χ0v) is 16.5. The van der Waals surface area contributed by atoms with Crippen LogP contribution in [0.4, 0.5) is 0 Å². The van der Waals surface area contributed by atoms with Crippen LogP contribution < -0.4 is 0 Å². The summed E-state index contributed by atoms with van der Waals surface area (Å²) in [7, 11) is 2.17. The predicted octanol–water partition coefficient (Wildman–Crippen LogP) is 5.23. The number of nitrogens with zero attached hydrogens (tertiary/aromatic N) is 1. The molecule has 132 valence electrons. The number of quaternary nitrogens is 1. The van der Waals surface area contributed by atoms with E-state index in [1.165, 1.54) is 0 Å². The molecule has 3 heteroatoms. The molecule has 0 saturated heterocycles. The number of rotatable bonds is 8. The first-order valence-corrected chi connectivity index (χ1v) is 8.92. The highest BCUT2D eigenvalue weighted by atomic mass is 16.4. The molecule has 0 saturated carbocycles. The zero-order valence-electron chi connectivity index (χ0n) is 16.5. The number of unbranched alkanes of at least 4 members (excludes halogenated alkanes) is 2. The molecule has 0 aromatic carbocycles. The van der Waals surface area contributed by atoms with Crippen molar-refractivity contribution in [2.45, 2.75) is 111 Å². The molecule has 3 nitrogen and oxygen atoms in total. The van der Waals surface area contributed by atoms with Gasteiger partial charge < -0.3 is 9.59 Å². The minimum atomic E-state index is -0.720. The molecule has 0 aliphatic heterocycles. The van der Waals surface area contributed by atoms with Gasteiger partial charge in [-0.1, -0.05) is 26.7 Å². The Labute approximate surface area is 138 Å². The number of carboxylic acids is 1. The maximum Gasteiger partial charge on any atom is 0.365 e. The zero-order chi connectivity index (χ0) is 17.8. The number of hydrogen-bond acceptors (Lipinski definition) is 1. The third-order valence-corrected chi connectivity index (χ3v) is 5.83. The van der Waals surface area contributed by atoms with Gasteiger partial charge in [0.1, 0.15) is 0 Å². The van der Waals surface area contributed by atoms with Crippen LogP contribution in [-0.2, 0) is 4.79 Å². The maximum atomic E-state index is 12.6. The first-order chi connectivity index (χ1) is 9.81. The average molecular weight is 315 g/mol. The third-order valence-electron chi connectivity index (χ3n) is 5.83. The molecule has 0 aliphatic carbocycles. The summed E-state index contributed by atoms with van der Waals surface area (Å²) in [5, 5.41) is 10.3. The Bertz CT molecular complexity index is 339. The first-order valence-electron chi connectivity index (χ1n) is 8.92. The standard InChI is InChI=1S/C19H39NO2/c1-10-12-14-19(16(21)22,15-13-11-2)20(9,17(3,4)5)18(6,7)8/h10-15H2,1-9H3/p+1. The Kier molecular flexibility index (Phi) is 7.14. The summed E-state index contributed by atoms with van der Waals surface area (Å²) < 4.78 is 0.558. The molecule has 0 aromatic rings. The summed E-state index contributed by atoms with van der Waals surface area (Å²) in [6.07, 6.45) is 5.52. The number of carbonyl (C=O) groups is 1. The number of carboxylic acid groups (broad SMARTS) is 1. The molecule has 0 bridgehead atoms. The highest BCUT2D eigenvalue weighted by molar-refractivity contribution is 5.77. The minimum Gasteiger partial charge on any atom is -0.477 e. The maximum absolute atomic E-state index is 12.6. The molecule has 0 unspecified atom stereocenters. The van der Waals surface area contributed by atoms with Crippen LogP contribution in [0.2, 0.25) is 0 Å². The van der Waals surface area contributed by atoms with E-state index in [9.17, 15) is 9.90 Å². The van der Waals surface area contributed by atoms with Crippen LogP contribution in [0.15, 0.2) is 0 Å². The van der Waals surface area contributed by atoms with Crippen molar-refractivity contribution < 1.29 is 14.4 Å². The lowest BCUT2D eigenvalue weighted by Gasteiger charge is -2.63. The van der Waals surface area contributed by atoms with Crippen LogP contribution in [-0.4, -0.2) is 39.2 Å². The fourth-order valence-corrected chi connectivity index (χ4v) is 4.21. The van der Waals surface area contributed by atoms with Crippen molar-refractivity contribution in [3.8, 4) is 0 Å². The molecule has 0 aromatic heterocycles. The highest BCUT2D eigenvalue weighted by Crippen LogP contribution is 2.47. The van der Waals surface area contributed by atoms with Crippen molar-refractivity contribution in [3.63, 3.8) is 0 Å². The van der Waals surface area contributed by atoms with Gasteiger partial charge in [-0.3, -0.25) is 0 Å². The normalized spacial score (nSPS) is 14.2. The summed E-state index contributed by atoms with van der Waals surface area (Å²) in [4.78, 5) is 12.6. The lowest BCUT2D eigenvalue weighted by Crippen LogP contribution is -2.79. The van der Waals surface area contributed by atoms with E-state index < -0.39 is 11.5 Å². The van der Waals surface area contributed by atoms with Crippen molar-refractivity contribution in [1.29, 1.82) is 0 Å². The SMILES string of the molecule is CCCCC(CCCC)(C(=O)O)[N+](C)(C(C)(C)C)C(C)(C)C. The Hall–Kier alpha value is -0.570. The predicted molar refractivity (Wildman–Crippen MR) is 95.1 cm³/mol. The van der Waals surface area contributed by atoms with Crippen LogP contribution in [0.3, 0.4) is 0 Å². The monoisotopic (exact) mass is 314 g/mol. The summed E-state index contributed by atoms with van der Waals surface area (Å²) in [6, 6.07) is 0. The van der Waals surface area contributed by atoms with E-state index in [1.807, 2.05) is 0 Å². The smallest absolute Gasteiger partial charge is 0.365 e. The second-order valence-electron chi connectivity index (χ2n) is 8.89. The molecular weight excluding hydrogens is 274 g/mol. The third kappa shape index (κ3) is 3.67. The Balaban J connectivity index is 6.33. The van der Waals surface area contributed by atoms with Crippen LogP contribution in [0, 0.1) is 0 Å². The van der Waals surface area contributed by atoms with Crippen LogP contribution in [0.5, 0.6) is 0 Å². The summed E-state index contributed by atoms with van der Waals surface area (Å²) in [5.74, 6) is -0.623. The fraction of sp³-hybridized carbons (Fsp3) is 0.947. The number of hydrogen-bond donors (Lipinski definition) is 1. The Morgan fingerprint density at radius 2 is 1.18 bits per heavy atom. The van der Waals surface area contributed by atoms with E-state index >= 15 is 0 Å². The van der Waals surface area contributed by atoms with Crippen molar-refractivity contribution in [1.82, 2.24) is 0 Å². The van der Waals surface area contributed by atoms with Gasteiger partial charge in [0.05, 0.1) is 18.1 Å². The van der Waals surface area contributed by atoms with Gasteiger partial charge in [0, 0.05) is 12.8 Å². The van der Waals surface area contributed by atoms with E-state index in [2.05, 4.69) is 62.4 Å². The second-order valence-corrected chi connectivity index (χ2v) is 8.89. The lowest BCUT2D eigenvalue weighted by atomic mass is 9.75. The van der Waals surface area contributed by atoms with Gasteiger partial charge in [-0.25, -0.2) is 4.79 Å². The van der Waals surface area contributed by atoms with E-state index in [-0.39, 0.29) is 11.1 Å². The Morgan fingerprint density at radius 1 is 0.864 bits per heavy atom. The van der Waals surface area contributed by atoms with Gasteiger partial charge in [-0.2, -0.15) is 0 Å². The van der Waals surface area contributed by atoms with Crippen LogP contribution >= 0.6 is 0 Å². The fourth-order valence-electron chi connectivity index (χ4n) is 4.21. The molecule has 22 heavy (non-hydrogen) atoms. The first kappa shape index (κ1) is 21.4. The van der Waals surface area contributed by atoms with Gasteiger partial charge >= 0.3 is 5.97 Å². The lowest BCUT2D eigenvalue weighted by molar-refractivity contribution is -1.03. The van der Waals surface area contributed by atoms with Gasteiger partial charge in [-0.05, 0) is 54.4 Å². The molecule has 0 fully saturated rings. The number of likely N-dealkylation sites (N-methyl/N-ethyl adjacent to an activating group) is 1. The van der Waals surface area contributed by atoms with Gasteiger partial charge in [0.15, 0.2) is 5.54 Å². The van der Waals surface area contributed by atoms with Crippen LogP contribution in [0.25, 0.3) is 0 Å². The van der Waals surface area contributed by atoms with E-state index in [0.717, 1.165) is 38.5 Å². The Morgan fingerprint density at radius 3 is 1.36 bits per heavy atom. The quantitative estimate of drug-likeness (QED) is 0.623. The van der Waals surface area contributed by atoms with E-state index in [4.69, 9.17) is 0 Å². The average Bonchev–Trinajstić information content (AvgIpc) is 2.35. The van der Waals surface area contributed by atoms with Crippen molar-refractivity contribution >= 4 is 5.97 Å². The van der Waals surface area contributed by atoms with Gasteiger partial charge in [0.2, 0.25) is 0 Å². The molecule has 0 atom stereocenters. The summed E-state index contributed by atoms with van der Waals surface area (Å²) in [5.41, 5.74) is -1.00. The molecule has 0 spiro atoms. The molecule has 0 radical (unpaired) electrons. The summed E-state index contributed by atoms with van der Waals surface area (Å²) >= 11 is 0. The molecule has 0 heterocycles. The molecule has 1 N–H and O–H groups in total. The van der Waals surface area contributed by atoms with Crippen molar-refractivity contribution in [2.75, 3.05) is 7.05 Å². The molecule has 0 rings (SSSR count). The second kappa shape index (κ2) is 7.33. The van der Waals surface area contributed by atoms with Gasteiger partial charge in [0.25, 0.3) is 0 Å². The highest BCUT2D eigenvalue weighted by Gasteiger charge is 2.63. The largest absolute Gasteiger partial charge is 0.477 e. The van der Waals surface area contributed by atoms with Gasteiger partial charge in [-0.15, -0.1) is 0 Å². The van der Waals surface area contributed by atoms with Crippen LogP contribution in [0.1, 0.15) is 93.9 Å². The molecule has 0 aliphatic rings.